The summed E-state index contributed by atoms with van der Waals surface area (Å²) in [4.78, 5) is 11.5. The van der Waals surface area contributed by atoms with Gasteiger partial charge >= 0.3 is 5.92 Å². The number of hydrogen-bond acceptors (Lipinski definition) is 6. The highest BCUT2D eigenvalue weighted by Gasteiger charge is 2.40. The van der Waals surface area contributed by atoms with E-state index in [2.05, 4.69) is 30.5 Å². The van der Waals surface area contributed by atoms with Gasteiger partial charge in [-0.05, 0) is 36.8 Å². The van der Waals surface area contributed by atoms with Crippen LogP contribution in [0.5, 0.6) is 0 Å². The minimum atomic E-state index is -3.67. The van der Waals surface area contributed by atoms with Gasteiger partial charge in [-0.25, -0.2) is 14.4 Å². The Bertz CT molecular complexity index is 1180. The average Bonchev–Trinajstić information content (AvgIpc) is 3.12. The molecule has 0 aliphatic carbocycles. The topological polar surface area (TPSA) is 99.6 Å². The van der Waals surface area contributed by atoms with Gasteiger partial charge in [-0.3, -0.25) is 10.1 Å². The summed E-state index contributed by atoms with van der Waals surface area (Å²) in [6, 6.07) is 8.24. The molecule has 0 unspecified atom stereocenters. The number of aromatic nitrogens is 5. The zero-order valence-electron chi connectivity index (χ0n) is 15.1. The summed E-state index contributed by atoms with van der Waals surface area (Å²) in [5.41, 5.74) is 0.803. The standard InChI is InChI=1S/C19H15F3N6O/c1-10-6-16(28-27-10)25-17-13-4-2-11(9-29)7-14(13)24-18(26-17)19(21,22)15-5-3-12(20)8-23-15/h2-8,29H,9H2,1H3,(H2,24,25,26,27,28). The van der Waals surface area contributed by atoms with E-state index in [0.29, 0.717) is 23.0 Å². The van der Waals surface area contributed by atoms with Crippen LogP contribution < -0.4 is 5.32 Å². The van der Waals surface area contributed by atoms with Crippen molar-refractivity contribution in [3.63, 3.8) is 0 Å². The van der Waals surface area contributed by atoms with Crippen molar-refractivity contribution in [1.29, 1.82) is 0 Å². The van der Waals surface area contributed by atoms with Crippen molar-refractivity contribution in [2.75, 3.05) is 5.32 Å². The molecule has 10 heteroatoms. The summed E-state index contributed by atoms with van der Waals surface area (Å²) in [6.07, 6.45) is 0.708. The third-order valence-electron chi connectivity index (χ3n) is 4.23. The lowest BCUT2D eigenvalue weighted by Crippen LogP contribution is -2.21. The molecule has 3 N–H and O–H groups in total. The molecule has 4 rings (SSSR count). The van der Waals surface area contributed by atoms with Crippen LogP contribution in [0.2, 0.25) is 0 Å². The van der Waals surface area contributed by atoms with Crippen molar-refractivity contribution < 1.29 is 18.3 Å². The SMILES string of the molecule is Cc1cc(Nc2nc(C(F)(F)c3ccc(F)cn3)nc3cc(CO)ccc23)n[nH]1. The molecule has 3 aromatic heterocycles. The number of hydrogen-bond donors (Lipinski definition) is 3. The molecule has 0 saturated carbocycles. The first-order chi connectivity index (χ1) is 13.9. The number of H-pyrrole nitrogens is 1. The molecule has 7 nitrogen and oxygen atoms in total. The molecule has 0 atom stereocenters. The molecule has 0 radical (unpaired) electrons. The van der Waals surface area contributed by atoms with Crippen LogP contribution in [-0.2, 0) is 12.5 Å². The molecule has 0 aliphatic rings. The number of nitrogens with one attached hydrogen (secondary N) is 2. The predicted molar refractivity (Wildman–Crippen MR) is 99.3 cm³/mol. The van der Waals surface area contributed by atoms with E-state index < -0.39 is 23.3 Å². The second-order valence-electron chi connectivity index (χ2n) is 6.40. The van der Waals surface area contributed by atoms with Gasteiger partial charge in [0.2, 0.25) is 5.82 Å². The molecule has 0 fully saturated rings. The van der Waals surface area contributed by atoms with Crippen LogP contribution in [0.25, 0.3) is 10.9 Å². The Labute approximate surface area is 162 Å². The highest BCUT2D eigenvalue weighted by molar-refractivity contribution is 5.91. The van der Waals surface area contributed by atoms with Gasteiger partial charge in [-0.1, -0.05) is 6.07 Å². The smallest absolute Gasteiger partial charge is 0.348 e. The van der Waals surface area contributed by atoms with Gasteiger partial charge in [0.1, 0.15) is 17.3 Å². The number of rotatable bonds is 5. The fraction of sp³-hybridized carbons (Fsp3) is 0.158. The van der Waals surface area contributed by atoms with Gasteiger partial charge in [0.05, 0.1) is 18.3 Å². The molecule has 0 aliphatic heterocycles. The molecular formula is C19H15F3N6O. The van der Waals surface area contributed by atoms with Crippen molar-refractivity contribution >= 4 is 22.5 Å². The van der Waals surface area contributed by atoms with Crippen molar-refractivity contribution in [3.05, 3.63) is 71.2 Å². The van der Waals surface area contributed by atoms with Crippen LogP contribution in [0.3, 0.4) is 0 Å². The lowest BCUT2D eigenvalue weighted by atomic mass is 10.1. The van der Waals surface area contributed by atoms with Gasteiger partial charge in [0.25, 0.3) is 0 Å². The number of alkyl halides is 2. The molecule has 4 aromatic rings. The first kappa shape index (κ1) is 18.8. The Morgan fingerprint density at radius 3 is 2.62 bits per heavy atom. The maximum absolute atomic E-state index is 15.0. The molecule has 1 aromatic carbocycles. The van der Waals surface area contributed by atoms with E-state index in [1.165, 1.54) is 6.07 Å². The van der Waals surface area contributed by atoms with E-state index in [4.69, 9.17) is 0 Å². The lowest BCUT2D eigenvalue weighted by molar-refractivity contribution is 0.0285. The van der Waals surface area contributed by atoms with E-state index >= 15 is 8.78 Å². The molecular weight excluding hydrogens is 385 g/mol. The third-order valence-corrected chi connectivity index (χ3v) is 4.23. The molecule has 0 bridgehead atoms. The van der Waals surface area contributed by atoms with Crippen LogP contribution in [0, 0.1) is 12.7 Å². The second-order valence-corrected chi connectivity index (χ2v) is 6.40. The van der Waals surface area contributed by atoms with Gasteiger partial charge in [0, 0.05) is 17.1 Å². The highest BCUT2D eigenvalue weighted by atomic mass is 19.3. The van der Waals surface area contributed by atoms with E-state index in [9.17, 15) is 9.50 Å². The third kappa shape index (κ3) is 3.61. The van der Waals surface area contributed by atoms with E-state index in [1.54, 1.807) is 25.1 Å². The first-order valence-electron chi connectivity index (χ1n) is 8.57. The Kier molecular flexibility index (Phi) is 4.63. The lowest BCUT2D eigenvalue weighted by Gasteiger charge is -2.17. The first-order valence-corrected chi connectivity index (χ1v) is 8.57. The molecule has 0 spiro atoms. The predicted octanol–water partition coefficient (Wildman–Crippen LogP) is 3.57. The summed E-state index contributed by atoms with van der Waals surface area (Å²) in [5, 5.41) is 19.5. The summed E-state index contributed by atoms with van der Waals surface area (Å²) < 4.78 is 43.2. The Morgan fingerprint density at radius 2 is 1.97 bits per heavy atom. The Balaban J connectivity index is 1.88. The fourth-order valence-electron chi connectivity index (χ4n) is 2.79. The van der Waals surface area contributed by atoms with Crippen LogP contribution >= 0.6 is 0 Å². The number of aliphatic hydroxyl groups is 1. The number of benzene rings is 1. The quantitative estimate of drug-likeness (QED) is 0.474. The Hall–Kier alpha value is -3.53. The van der Waals surface area contributed by atoms with Gasteiger partial charge < -0.3 is 10.4 Å². The summed E-state index contributed by atoms with van der Waals surface area (Å²) in [6.45, 7) is 1.52. The summed E-state index contributed by atoms with van der Waals surface area (Å²) in [5.74, 6) is -4.71. The molecule has 3 heterocycles. The molecule has 0 saturated heterocycles. The second kappa shape index (κ2) is 7.13. The largest absolute Gasteiger partial charge is 0.392 e. The molecule has 0 amide bonds. The van der Waals surface area contributed by atoms with E-state index in [1.807, 2.05) is 0 Å². The highest BCUT2D eigenvalue weighted by Crippen LogP contribution is 2.35. The molecule has 29 heavy (non-hydrogen) atoms. The minimum absolute atomic E-state index is 0.114. The van der Waals surface area contributed by atoms with E-state index in [-0.39, 0.29) is 17.9 Å². The zero-order valence-corrected chi connectivity index (χ0v) is 15.1. The van der Waals surface area contributed by atoms with Crippen LogP contribution in [0.15, 0.2) is 42.6 Å². The normalized spacial score (nSPS) is 11.8. The maximum Gasteiger partial charge on any atom is 0.348 e. The fourth-order valence-corrected chi connectivity index (χ4v) is 2.79. The van der Waals surface area contributed by atoms with Gasteiger partial charge in [0.15, 0.2) is 5.82 Å². The number of pyridine rings is 1. The van der Waals surface area contributed by atoms with Gasteiger partial charge in [-0.15, -0.1) is 0 Å². The number of aryl methyl sites for hydroxylation is 1. The minimum Gasteiger partial charge on any atom is -0.392 e. The van der Waals surface area contributed by atoms with Crippen molar-refractivity contribution in [2.24, 2.45) is 0 Å². The Morgan fingerprint density at radius 1 is 1.14 bits per heavy atom. The summed E-state index contributed by atoms with van der Waals surface area (Å²) in [7, 11) is 0. The number of aliphatic hydroxyl groups excluding tert-OH is 1. The average molecular weight is 400 g/mol. The van der Waals surface area contributed by atoms with Gasteiger partial charge in [-0.2, -0.15) is 13.9 Å². The number of nitrogens with zero attached hydrogens (tertiary/aromatic N) is 4. The van der Waals surface area contributed by atoms with Crippen LogP contribution in [0.1, 0.15) is 22.8 Å². The van der Waals surface area contributed by atoms with Crippen molar-refractivity contribution in [2.45, 2.75) is 19.5 Å². The monoisotopic (exact) mass is 400 g/mol. The van der Waals surface area contributed by atoms with Crippen molar-refractivity contribution in [1.82, 2.24) is 25.1 Å². The molecule has 148 valence electrons. The zero-order chi connectivity index (χ0) is 20.6. The van der Waals surface area contributed by atoms with Crippen LogP contribution in [0.4, 0.5) is 24.8 Å². The van der Waals surface area contributed by atoms with Crippen molar-refractivity contribution in [3.8, 4) is 0 Å². The number of fused-ring (bicyclic) bond motifs is 1. The van der Waals surface area contributed by atoms with Crippen LogP contribution in [-0.4, -0.2) is 30.3 Å². The number of halogens is 3. The maximum atomic E-state index is 15.0. The van der Waals surface area contributed by atoms with E-state index in [0.717, 1.165) is 17.8 Å². The number of anilines is 2. The number of aromatic amines is 1. The summed E-state index contributed by atoms with van der Waals surface area (Å²) >= 11 is 0.